The SMILES string of the molecule is CCC.CCC1C(=O)c2cccc(-c3cc(N)ccc3Oc3ccc(F)cc3F)c2C1=O.O=CO.[HH].[HH]. The first-order valence-electron chi connectivity index (χ1n) is 11.1. The minimum atomic E-state index is -0.858. The van der Waals surface area contributed by atoms with E-state index in [4.69, 9.17) is 20.4 Å². The molecule has 4 rings (SSSR count). The number of rotatable bonds is 4. The number of anilines is 1. The second-order valence-corrected chi connectivity index (χ2v) is 7.66. The molecule has 1 aliphatic rings. The Balaban J connectivity index is 0.00000148. The number of ether oxygens (including phenoxy) is 1. The molecule has 3 aromatic carbocycles. The molecule has 0 bridgehead atoms. The molecular weight excluding hydrogens is 456 g/mol. The number of fused-ring (bicyclic) bond motifs is 1. The van der Waals surface area contributed by atoms with Gasteiger partial charge in [-0.25, -0.2) is 8.78 Å². The van der Waals surface area contributed by atoms with Crippen LogP contribution >= 0.6 is 0 Å². The Hall–Kier alpha value is -4.07. The lowest BCUT2D eigenvalue weighted by Crippen LogP contribution is -2.13. The third-order valence-corrected chi connectivity index (χ3v) is 5.03. The van der Waals surface area contributed by atoms with Crippen LogP contribution in [0.4, 0.5) is 14.5 Å². The fourth-order valence-corrected chi connectivity index (χ4v) is 3.62. The quantitative estimate of drug-likeness (QED) is 0.233. The van der Waals surface area contributed by atoms with E-state index in [0.717, 1.165) is 12.1 Å². The van der Waals surface area contributed by atoms with Gasteiger partial charge >= 0.3 is 0 Å². The number of carbonyl (C=O) groups is 3. The van der Waals surface area contributed by atoms with Crippen LogP contribution in [0, 0.1) is 17.6 Å². The molecule has 188 valence electrons. The molecule has 3 N–H and O–H groups in total. The zero-order valence-corrected chi connectivity index (χ0v) is 19.7. The molecule has 0 radical (unpaired) electrons. The first-order chi connectivity index (χ1) is 16.7. The zero-order chi connectivity index (χ0) is 26.1. The lowest BCUT2D eigenvalue weighted by molar-refractivity contribution is -0.122. The van der Waals surface area contributed by atoms with Crippen molar-refractivity contribution in [3.63, 3.8) is 0 Å². The van der Waals surface area contributed by atoms with Gasteiger partial charge in [0.1, 0.15) is 11.6 Å². The number of nitrogens with two attached hydrogens (primary N) is 1. The van der Waals surface area contributed by atoms with Crippen LogP contribution in [-0.2, 0) is 4.79 Å². The van der Waals surface area contributed by atoms with Gasteiger partial charge in [0.05, 0.1) is 5.92 Å². The molecule has 35 heavy (non-hydrogen) atoms. The van der Waals surface area contributed by atoms with Gasteiger partial charge in [-0.1, -0.05) is 45.4 Å². The summed E-state index contributed by atoms with van der Waals surface area (Å²) in [5.74, 6) is -2.66. The van der Waals surface area contributed by atoms with Gasteiger partial charge in [0.15, 0.2) is 23.1 Å². The molecule has 0 heterocycles. The van der Waals surface area contributed by atoms with E-state index in [0.29, 0.717) is 34.4 Å². The van der Waals surface area contributed by atoms with Gasteiger partial charge in [-0.05, 0) is 42.3 Å². The van der Waals surface area contributed by atoms with Gasteiger partial charge in [0.2, 0.25) is 0 Å². The molecule has 0 spiro atoms. The maximum absolute atomic E-state index is 14.1. The van der Waals surface area contributed by atoms with Crippen molar-refractivity contribution in [2.45, 2.75) is 33.6 Å². The van der Waals surface area contributed by atoms with Crippen molar-refractivity contribution in [1.29, 1.82) is 0 Å². The Labute approximate surface area is 205 Å². The van der Waals surface area contributed by atoms with Gasteiger partial charge in [0, 0.05) is 31.3 Å². The van der Waals surface area contributed by atoms with Gasteiger partial charge in [-0.15, -0.1) is 0 Å². The molecule has 1 aliphatic carbocycles. The predicted octanol–water partition coefficient (Wildman–Crippen LogP) is 7.02. The summed E-state index contributed by atoms with van der Waals surface area (Å²) in [6, 6.07) is 12.7. The van der Waals surface area contributed by atoms with Gasteiger partial charge in [-0.2, -0.15) is 0 Å². The van der Waals surface area contributed by atoms with Crippen molar-refractivity contribution in [2.75, 3.05) is 5.73 Å². The number of ketones is 2. The molecule has 0 aromatic heterocycles. The number of carboxylic acid groups (broad SMARTS) is 1. The molecule has 6 nitrogen and oxygen atoms in total. The maximum Gasteiger partial charge on any atom is 0.290 e. The average molecular weight is 488 g/mol. The Bertz CT molecular complexity index is 1240. The van der Waals surface area contributed by atoms with E-state index in [9.17, 15) is 18.4 Å². The highest BCUT2D eigenvalue weighted by atomic mass is 19.1. The van der Waals surface area contributed by atoms with Crippen molar-refractivity contribution in [2.24, 2.45) is 5.92 Å². The van der Waals surface area contributed by atoms with E-state index >= 15 is 0 Å². The Kier molecular flexibility index (Phi) is 9.64. The zero-order valence-electron chi connectivity index (χ0n) is 19.7. The minimum absolute atomic E-state index is 0. The van der Waals surface area contributed by atoms with Crippen molar-refractivity contribution < 1.29 is 35.9 Å². The lowest BCUT2D eigenvalue weighted by Gasteiger charge is -2.15. The monoisotopic (exact) mass is 487 g/mol. The molecular formula is C27H31F2NO5. The van der Waals surface area contributed by atoms with E-state index in [2.05, 4.69) is 13.8 Å². The molecule has 0 fully saturated rings. The molecule has 0 saturated carbocycles. The third kappa shape index (κ3) is 6.09. The summed E-state index contributed by atoms with van der Waals surface area (Å²) in [7, 11) is 0. The normalized spacial score (nSPS) is 13.7. The van der Waals surface area contributed by atoms with Crippen LogP contribution in [0.25, 0.3) is 11.1 Å². The topological polar surface area (TPSA) is 107 Å². The molecule has 0 amide bonds. The van der Waals surface area contributed by atoms with Crippen LogP contribution in [-0.4, -0.2) is 23.1 Å². The van der Waals surface area contributed by atoms with Crippen LogP contribution in [0.3, 0.4) is 0 Å². The van der Waals surface area contributed by atoms with E-state index in [1.165, 1.54) is 12.5 Å². The Morgan fingerprint density at radius 1 is 0.943 bits per heavy atom. The van der Waals surface area contributed by atoms with E-state index in [1.807, 2.05) is 0 Å². The maximum atomic E-state index is 14.1. The Morgan fingerprint density at radius 2 is 1.54 bits per heavy atom. The fraction of sp³-hybridized carbons (Fsp3) is 0.222. The van der Waals surface area contributed by atoms with Crippen LogP contribution in [0.5, 0.6) is 11.5 Å². The summed E-state index contributed by atoms with van der Waals surface area (Å²) in [6.45, 7) is 5.79. The Morgan fingerprint density at radius 3 is 2.14 bits per heavy atom. The molecule has 1 atom stereocenters. The van der Waals surface area contributed by atoms with Crippen LogP contribution in [0.15, 0.2) is 54.6 Å². The van der Waals surface area contributed by atoms with Crippen molar-refractivity contribution in [1.82, 2.24) is 0 Å². The van der Waals surface area contributed by atoms with E-state index in [1.54, 1.807) is 43.3 Å². The highest BCUT2D eigenvalue weighted by Crippen LogP contribution is 2.41. The second kappa shape index (κ2) is 12.4. The molecule has 3 aromatic rings. The number of halogens is 2. The van der Waals surface area contributed by atoms with E-state index in [-0.39, 0.29) is 32.4 Å². The number of hydrogen-bond acceptors (Lipinski definition) is 5. The first-order valence-corrected chi connectivity index (χ1v) is 11.1. The second-order valence-electron chi connectivity index (χ2n) is 7.66. The first kappa shape index (κ1) is 27.2. The van der Waals surface area contributed by atoms with Crippen molar-refractivity contribution >= 4 is 23.7 Å². The molecule has 0 saturated heterocycles. The lowest BCUT2D eigenvalue weighted by atomic mass is 9.94. The summed E-state index contributed by atoms with van der Waals surface area (Å²) < 4.78 is 33.0. The van der Waals surface area contributed by atoms with Crippen molar-refractivity contribution in [3.8, 4) is 22.6 Å². The van der Waals surface area contributed by atoms with Gasteiger partial charge in [0.25, 0.3) is 6.47 Å². The van der Waals surface area contributed by atoms with Crippen LogP contribution < -0.4 is 10.5 Å². The largest absolute Gasteiger partial charge is 0.483 e. The molecule has 0 aliphatic heterocycles. The average Bonchev–Trinajstić information content (AvgIpc) is 3.07. The smallest absolute Gasteiger partial charge is 0.290 e. The van der Waals surface area contributed by atoms with Crippen LogP contribution in [0.1, 0.15) is 57.2 Å². The minimum Gasteiger partial charge on any atom is -0.483 e. The summed E-state index contributed by atoms with van der Waals surface area (Å²) in [4.78, 5) is 33.8. The molecule has 1 unspecified atom stereocenters. The van der Waals surface area contributed by atoms with Gasteiger partial charge < -0.3 is 15.6 Å². The standard InChI is InChI=1S/C23H17F2NO3.C3H8.CH2O2.2H2/c1-2-14-22(27)16-5-3-4-15(21(16)23(14)28)17-11-13(26)7-9-19(17)29-20-8-6-12(24)10-18(20)25;1-3-2;2-1-3;;/h3-11,14H,2,26H2,1H3;3H2,1-2H3;1H,(H,2,3);2*1H. The number of nitrogen functional groups attached to an aromatic ring is 1. The predicted molar refractivity (Wildman–Crippen MR) is 134 cm³/mol. The van der Waals surface area contributed by atoms with Crippen molar-refractivity contribution in [3.05, 3.63) is 77.4 Å². The summed E-state index contributed by atoms with van der Waals surface area (Å²) >= 11 is 0. The van der Waals surface area contributed by atoms with E-state index < -0.39 is 17.6 Å². The highest BCUT2D eigenvalue weighted by molar-refractivity contribution is 6.28. The van der Waals surface area contributed by atoms with Gasteiger partial charge in [-0.3, -0.25) is 14.4 Å². The number of carbonyl (C=O) groups excluding carboxylic acids is 2. The number of Topliss-reactive ketones (excluding diaryl/α,β-unsaturated/α-hetero) is 2. The third-order valence-electron chi connectivity index (χ3n) is 5.03. The van der Waals surface area contributed by atoms with Crippen LogP contribution in [0.2, 0.25) is 0 Å². The summed E-state index contributed by atoms with van der Waals surface area (Å²) in [6.07, 6.45) is 1.66. The highest BCUT2D eigenvalue weighted by Gasteiger charge is 2.39. The number of hydrogen-bond donors (Lipinski definition) is 2. The number of benzene rings is 3. The summed E-state index contributed by atoms with van der Waals surface area (Å²) in [5.41, 5.74) is 7.96. The molecule has 8 heteroatoms. The fourth-order valence-electron chi connectivity index (χ4n) is 3.62. The summed E-state index contributed by atoms with van der Waals surface area (Å²) in [5, 5.41) is 6.89.